The van der Waals surface area contributed by atoms with Crippen LogP contribution in [0.3, 0.4) is 0 Å². The minimum atomic E-state index is 0.687. The van der Waals surface area contributed by atoms with Gasteiger partial charge in [0.25, 0.3) is 0 Å². The van der Waals surface area contributed by atoms with E-state index in [2.05, 4.69) is 40.2 Å². The van der Waals surface area contributed by atoms with Gasteiger partial charge in [0.15, 0.2) is 0 Å². The molecule has 0 atom stereocenters. The van der Waals surface area contributed by atoms with E-state index in [-0.39, 0.29) is 0 Å². The Morgan fingerprint density at radius 1 is 1.62 bits per heavy atom. The lowest BCUT2D eigenvalue weighted by atomic mass is 10.2. The number of hydrogen-bond donors (Lipinski definition) is 1. The van der Waals surface area contributed by atoms with Crippen LogP contribution in [0.4, 0.5) is 0 Å². The topological polar surface area (TPSA) is 29.9 Å². The van der Waals surface area contributed by atoms with Crippen molar-refractivity contribution >= 4 is 15.9 Å². The second-order valence-electron chi connectivity index (χ2n) is 3.59. The van der Waals surface area contributed by atoms with Crippen molar-refractivity contribution in [3.05, 3.63) is 16.4 Å². The van der Waals surface area contributed by atoms with Crippen LogP contribution in [0.1, 0.15) is 19.5 Å². The van der Waals surface area contributed by atoms with E-state index in [1.54, 1.807) is 0 Å². The molecule has 0 fully saturated rings. The van der Waals surface area contributed by atoms with Gasteiger partial charge in [-0.3, -0.25) is 4.68 Å². The van der Waals surface area contributed by atoms with Crippen LogP contribution in [-0.4, -0.2) is 16.3 Å². The van der Waals surface area contributed by atoms with Gasteiger partial charge in [-0.15, -0.1) is 0 Å². The maximum absolute atomic E-state index is 4.14. The normalized spacial score (nSPS) is 11.2. The Bertz CT molecular complexity index is 248. The number of aromatic nitrogens is 2. The molecule has 13 heavy (non-hydrogen) atoms. The average molecular weight is 246 g/mol. The molecule has 0 aliphatic heterocycles. The highest BCUT2D eigenvalue weighted by atomic mass is 79.9. The summed E-state index contributed by atoms with van der Waals surface area (Å²) >= 11 is 3.46. The second-order valence-corrected chi connectivity index (χ2v) is 4.44. The molecular formula is C9H16BrN3. The summed E-state index contributed by atoms with van der Waals surface area (Å²) in [5.74, 6) is 0.687. The number of hydrogen-bond acceptors (Lipinski definition) is 2. The predicted molar refractivity (Wildman–Crippen MR) is 57.5 cm³/mol. The van der Waals surface area contributed by atoms with Gasteiger partial charge in [0.05, 0.1) is 16.4 Å². The van der Waals surface area contributed by atoms with Crippen LogP contribution in [0.2, 0.25) is 0 Å². The third kappa shape index (κ3) is 3.12. The Morgan fingerprint density at radius 3 is 2.77 bits per heavy atom. The molecule has 74 valence electrons. The molecule has 0 saturated carbocycles. The monoisotopic (exact) mass is 245 g/mol. The van der Waals surface area contributed by atoms with Gasteiger partial charge in [-0.05, 0) is 28.4 Å². The second kappa shape index (κ2) is 4.77. The highest BCUT2D eigenvalue weighted by molar-refractivity contribution is 9.10. The van der Waals surface area contributed by atoms with E-state index in [9.17, 15) is 0 Å². The van der Waals surface area contributed by atoms with Gasteiger partial charge in [-0.2, -0.15) is 5.10 Å². The molecule has 0 unspecified atom stereocenters. The van der Waals surface area contributed by atoms with E-state index in [0.29, 0.717) is 5.92 Å². The predicted octanol–water partition coefficient (Wildman–Crippen LogP) is 1.93. The molecule has 1 N–H and O–H groups in total. The van der Waals surface area contributed by atoms with Crippen molar-refractivity contribution in [1.82, 2.24) is 15.1 Å². The molecule has 0 spiro atoms. The quantitative estimate of drug-likeness (QED) is 0.879. The van der Waals surface area contributed by atoms with Crippen LogP contribution in [-0.2, 0) is 13.6 Å². The van der Waals surface area contributed by atoms with E-state index in [1.165, 1.54) is 5.69 Å². The lowest BCUT2D eigenvalue weighted by Crippen LogP contribution is -2.20. The van der Waals surface area contributed by atoms with Crippen LogP contribution >= 0.6 is 15.9 Å². The van der Waals surface area contributed by atoms with Crippen molar-refractivity contribution in [3.63, 3.8) is 0 Å². The molecule has 1 aromatic rings. The largest absolute Gasteiger partial charge is 0.311 e. The Kier molecular flexibility index (Phi) is 3.93. The first-order valence-corrected chi connectivity index (χ1v) is 5.27. The zero-order valence-electron chi connectivity index (χ0n) is 8.34. The summed E-state index contributed by atoms with van der Waals surface area (Å²) < 4.78 is 2.96. The van der Waals surface area contributed by atoms with Crippen molar-refractivity contribution in [2.45, 2.75) is 20.4 Å². The van der Waals surface area contributed by atoms with Gasteiger partial charge >= 0.3 is 0 Å². The molecule has 1 heterocycles. The Morgan fingerprint density at radius 2 is 2.31 bits per heavy atom. The molecule has 0 aliphatic carbocycles. The number of rotatable bonds is 4. The molecular weight excluding hydrogens is 230 g/mol. The summed E-state index contributed by atoms with van der Waals surface area (Å²) in [6, 6.07) is 0. The smallest absolute Gasteiger partial charge is 0.0660 e. The van der Waals surface area contributed by atoms with Gasteiger partial charge < -0.3 is 5.32 Å². The van der Waals surface area contributed by atoms with Crippen molar-refractivity contribution in [3.8, 4) is 0 Å². The van der Waals surface area contributed by atoms with Gasteiger partial charge in [0.1, 0.15) is 0 Å². The first-order valence-electron chi connectivity index (χ1n) is 4.48. The fourth-order valence-corrected chi connectivity index (χ4v) is 1.60. The standard InChI is InChI=1S/C9H16BrN3/c1-7(2)4-11-6-9-8(10)5-12-13(9)3/h5,7,11H,4,6H2,1-3H3. The van der Waals surface area contributed by atoms with Crippen molar-refractivity contribution in [2.75, 3.05) is 6.54 Å². The zero-order valence-corrected chi connectivity index (χ0v) is 9.93. The molecule has 0 aromatic carbocycles. The minimum Gasteiger partial charge on any atom is -0.311 e. The molecule has 0 saturated heterocycles. The Hall–Kier alpha value is -0.350. The highest BCUT2D eigenvalue weighted by Crippen LogP contribution is 2.14. The van der Waals surface area contributed by atoms with Gasteiger partial charge in [-0.1, -0.05) is 13.8 Å². The third-order valence-electron chi connectivity index (χ3n) is 1.86. The zero-order chi connectivity index (χ0) is 9.84. The fourth-order valence-electron chi connectivity index (χ4n) is 1.11. The van der Waals surface area contributed by atoms with E-state index < -0.39 is 0 Å². The van der Waals surface area contributed by atoms with E-state index in [4.69, 9.17) is 0 Å². The van der Waals surface area contributed by atoms with E-state index in [0.717, 1.165) is 17.6 Å². The molecule has 0 aliphatic rings. The Balaban J connectivity index is 2.44. The van der Waals surface area contributed by atoms with Gasteiger partial charge in [0.2, 0.25) is 0 Å². The summed E-state index contributed by atoms with van der Waals surface area (Å²) in [5, 5.41) is 7.52. The van der Waals surface area contributed by atoms with E-state index in [1.807, 2.05) is 17.9 Å². The van der Waals surface area contributed by atoms with Gasteiger partial charge in [-0.25, -0.2) is 0 Å². The number of nitrogens with one attached hydrogen (secondary N) is 1. The number of nitrogens with zero attached hydrogens (tertiary/aromatic N) is 2. The average Bonchev–Trinajstić information content (AvgIpc) is 2.34. The summed E-state index contributed by atoms with van der Waals surface area (Å²) in [7, 11) is 1.96. The van der Waals surface area contributed by atoms with E-state index >= 15 is 0 Å². The summed E-state index contributed by atoms with van der Waals surface area (Å²) in [6.07, 6.45) is 1.83. The lowest BCUT2D eigenvalue weighted by Gasteiger charge is -2.07. The van der Waals surface area contributed by atoms with Crippen LogP contribution in [0, 0.1) is 5.92 Å². The summed E-state index contributed by atoms with van der Waals surface area (Å²) in [6.45, 7) is 6.31. The van der Waals surface area contributed by atoms with Crippen LogP contribution in [0.5, 0.6) is 0 Å². The van der Waals surface area contributed by atoms with Crippen LogP contribution in [0.25, 0.3) is 0 Å². The summed E-state index contributed by atoms with van der Waals surface area (Å²) in [5.41, 5.74) is 1.20. The maximum atomic E-state index is 4.14. The van der Waals surface area contributed by atoms with Gasteiger partial charge in [0, 0.05) is 13.6 Å². The number of aryl methyl sites for hydroxylation is 1. The van der Waals surface area contributed by atoms with Crippen molar-refractivity contribution in [2.24, 2.45) is 13.0 Å². The SMILES string of the molecule is CC(C)CNCc1c(Br)cnn1C. The maximum Gasteiger partial charge on any atom is 0.0660 e. The molecule has 3 nitrogen and oxygen atoms in total. The van der Waals surface area contributed by atoms with Crippen LogP contribution < -0.4 is 5.32 Å². The molecule has 1 aromatic heterocycles. The van der Waals surface area contributed by atoms with Crippen molar-refractivity contribution < 1.29 is 0 Å². The molecule has 0 bridgehead atoms. The molecule has 4 heteroatoms. The summed E-state index contributed by atoms with van der Waals surface area (Å²) in [4.78, 5) is 0. The van der Waals surface area contributed by atoms with Crippen molar-refractivity contribution in [1.29, 1.82) is 0 Å². The molecule has 0 radical (unpaired) electrons. The first-order chi connectivity index (χ1) is 6.11. The highest BCUT2D eigenvalue weighted by Gasteiger charge is 2.04. The molecule has 1 rings (SSSR count). The minimum absolute atomic E-state index is 0.687. The number of halogens is 1. The lowest BCUT2D eigenvalue weighted by molar-refractivity contribution is 0.535. The Labute approximate surface area is 87.6 Å². The first kappa shape index (κ1) is 10.7. The fraction of sp³-hybridized carbons (Fsp3) is 0.667. The molecule has 0 amide bonds. The third-order valence-corrected chi connectivity index (χ3v) is 2.52. The van der Waals surface area contributed by atoms with Crippen LogP contribution in [0.15, 0.2) is 10.7 Å².